The lowest BCUT2D eigenvalue weighted by atomic mass is 9.96. The van der Waals surface area contributed by atoms with Gasteiger partial charge in [-0.05, 0) is 26.0 Å². The maximum atomic E-state index is 12.8. The molecule has 2 saturated heterocycles. The Balaban J connectivity index is 0.000000534. The van der Waals surface area contributed by atoms with Crippen molar-refractivity contribution >= 4 is 41.5 Å². The molecule has 12 nitrogen and oxygen atoms in total. The van der Waals surface area contributed by atoms with Gasteiger partial charge in [0.1, 0.15) is 34.5 Å². The van der Waals surface area contributed by atoms with E-state index in [1.807, 2.05) is 0 Å². The number of rotatable bonds is 5. The Labute approximate surface area is 186 Å². The fourth-order valence-corrected chi connectivity index (χ4v) is 5.06. The monoisotopic (exact) mass is 470 g/mol. The van der Waals surface area contributed by atoms with Crippen molar-refractivity contribution < 1.29 is 48.8 Å². The summed E-state index contributed by atoms with van der Waals surface area (Å²) in [5, 5.41) is 26.5. The smallest absolute Gasteiger partial charge is 0.414 e. The average Bonchev–Trinajstić information content (AvgIpc) is 2.99. The zero-order valence-electron chi connectivity index (χ0n) is 17.5. The van der Waals surface area contributed by atoms with Crippen LogP contribution in [-0.2, 0) is 19.2 Å². The Bertz CT molecular complexity index is 929. The summed E-state index contributed by atoms with van der Waals surface area (Å²) in [4.78, 5) is 56.3. The molecule has 0 aliphatic carbocycles. The summed E-state index contributed by atoms with van der Waals surface area (Å²) >= 11 is 1.37. The molecule has 32 heavy (non-hydrogen) atoms. The Morgan fingerprint density at radius 3 is 1.94 bits per heavy atom. The molecule has 3 rings (SSSR count). The van der Waals surface area contributed by atoms with Crippen molar-refractivity contribution in [1.29, 1.82) is 0 Å². The van der Waals surface area contributed by atoms with Crippen molar-refractivity contribution in [1.82, 2.24) is 10.2 Å². The number of carbonyl (C=O) groups excluding carboxylic acids is 2. The number of nitrogens with one attached hydrogen (secondary N) is 1. The Morgan fingerprint density at radius 2 is 1.53 bits per heavy atom. The highest BCUT2D eigenvalue weighted by atomic mass is 32.2. The predicted octanol–water partition coefficient (Wildman–Crippen LogP) is 0.105. The minimum atomic E-state index is -1.82. The number of carboxylic acids is 3. The summed E-state index contributed by atoms with van der Waals surface area (Å²) < 4.78 is 9.79. The van der Waals surface area contributed by atoms with E-state index in [1.165, 1.54) is 30.9 Å². The number of thioether (sulfide) groups is 1. The lowest BCUT2D eigenvalue weighted by molar-refractivity contribution is -0.159. The van der Waals surface area contributed by atoms with Gasteiger partial charge in [-0.25, -0.2) is 14.4 Å². The third-order valence-corrected chi connectivity index (χ3v) is 6.37. The van der Waals surface area contributed by atoms with Crippen LogP contribution in [0.4, 0.5) is 0 Å². The van der Waals surface area contributed by atoms with E-state index in [-0.39, 0.29) is 5.56 Å². The number of methoxy groups -OCH3 is 2. The van der Waals surface area contributed by atoms with Crippen molar-refractivity contribution in [2.75, 3.05) is 14.2 Å². The SMILES string of the molecule is COc1cccc(OC)c1C(=O)N[C@@H]1C(=O)N2[C@@H]1SC(C)(C)[C@@H]2C(=O)O.O=C(O)C(=O)O. The summed E-state index contributed by atoms with van der Waals surface area (Å²) in [5.41, 5.74) is 0.195. The molecule has 1 aromatic carbocycles. The van der Waals surface area contributed by atoms with Crippen molar-refractivity contribution in [2.45, 2.75) is 36.1 Å². The van der Waals surface area contributed by atoms with Gasteiger partial charge in [-0.3, -0.25) is 9.59 Å². The third kappa shape index (κ3) is 4.56. The first kappa shape index (κ1) is 24.8. The topological polar surface area (TPSA) is 180 Å². The maximum absolute atomic E-state index is 12.8. The fraction of sp³-hybridized carbons (Fsp3) is 0.421. The predicted molar refractivity (Wildman–Crippen MR) is 110 cm³/mol. The van der Waals surface area contributed by atoms with Gasteiger partial charge in [0.2, 0.25) is 5.91 Å². The Kier molecular flexibility index (Phi) is 7.24. The summed E-state index contributed by atoms with van der Waals surface area (Å²) in [6.07, 6.45) is 0. The van der Waals surface area contributed by atoms with Crippen molar-refractivity contribution in [3.63, 3.8) is 0 Å². The minimum Gasteiger partial charge on any atom is -0.496 e. The zero-order valence-corrected chi connectivity index (χ0v) is 18.3. The lowest BCUT2D eigenvalue weighted by Crippen LogP contribution is -2.70. The molecular weight excluding hydrogens is 448 g/mol. The van der Waals surface area contributed by atoms with Crippen LogP contribution in [0.3, 0.4) is 0 Å². The average molecular weight is 470 g/mol. The summed E-state index contributed by atoms with van der Waals surface area (Å²) in [6.45, 7) is 3.56. The van der Waals surface area contributed by atoms with Crippen LogP contribution in [0.5, 0.6) is 11.5 Å². The van der Waals surface area contributed by atoms with Gasteiger partial charge < -0.3 is 35.0 Å². The molecule has 2 heterocycles. The van der Waals surface area contributed by atoms with Crippen LogP contribution in [0, 0.1) is 0 Å². The number of aliphatic carboxylic acids is 3. The number of amides is 2. The van der Waals surface area contributed by atoms with Gasteiger partial charge in [-0.15, -0.1) is 11.8 Å². The molecule has 0 aromatic heterocycles. The van der Waals surface area contributed by atoms with E-state index in [9.17, 15) is 19.5 Å². The van der Waals surface area contributed by atoms with E-state index >= 15 is 0 Å². The van der Waals surface area contributed by atoms with Gasteiger partial charge >= 0.3 is 17.9 Å². The molecule has 174 valence electrons. The second kappa shape index (κ2) is 9.34. The first-order valence-corrected chi connectivity index (χ1v) is 9.96. The molecular formula is C19H22N2O10S. The van der Waals surface area contributed by atoms with E-state index in [0.717, 1.165) is 0 Å². The molecule has 13 heteroatoms. The molecule has 2 amide bonds. The van der Waals surface area contributed by atoms with Crippen molar-refractivity contribution in [3.05, 3.63) is 23.8 Å². The minimum absolute atomic E-state index is 0.195. The van der Waals surface area contributed by atoms with Gasteiger partial charge in [-0.1, -0.05) is 6.07 Å². The van der Waals surface area contributed by atoms with E-state index in [1.54, 1.807) is 32.0 Å². The largest absolute Gasteiger partial charge is 0.496 e. The number of hydrogen-bond acceptors (Lipinski definition) is 8. The zero-order chi connectivity index (χ0) is 24.4. The molecule has 2 fully saturated rings. The number of hydrogen-bond donors (Lipinski definition) is 4. The number of carbonyl (C=O) groups is 5. The van der Waals surface area contributed by atoms with Crippen LogP contribution in [0.15, 0.2) is 18.2 Å². The molecule has 3 atom stereocenters. The molecule has 1 aromatic rings. The lowest BCUT2D eigenvalue weighted by Gasteiger charge is -2.43. The van der Waals surface area contributed by atoms with E-state index in [4.69, 9.17) is 29.3 Å². The second-order valence-corrected chi connectivity index (χ2v) is 8.97. The highest BCUT2D eigenvalue weighted by molar-refractivity contribution is 8.01. The number of fused-ring (bicyclic) bond motifs is 1. The van der Waals surface area contributed by atoms with Gasteiger partial charge in [0.05, 0.1) is 14.2 Å². The number of carboxylic acid groups (broad SMARTS) is 3. The van der Waals surface area contributed by atoms with E-state index in [0.29, 0.717) is 11.5 Å². The van der Waals surface area contributed by atoms with Crippen LogP contribution in [0.1, 0.15) is 24.2 Å². The molecule has 0 spiro atoms. The number of nitrogens with zero attached hydrogens (tertiary/aromatic N) is 1. The van der Waals surface area contributed by atoms with Crippen LogP contribution in [0.25, 0.3) is 0 Å². The molecule has 4 N–H and O–H groups in total. The first-order chi connectivity index (χ1) is 14.9. The molecule has 2 aliphatic rings. The Morgan fingerprint density at radius 1 is 1.03 bits per heavy atom. The second-order valence-electron chi connectivity index (χ2n) is 7.20. The van der Waals surface area contributed by atoms with Gasteiger partial charge in [0, 0.05) is 4.75 Å². The van der Waals surface area contributed by atoms with Crippen LogP contribution >= 0.6 is 11.8 Å². The standard InChI is InChI=1S/C17H20N2O6S.C2H2O4/c1-17(2)12(16(22)23)19-14(21)11(15(19)26-17)18-13(20)10-8(24-3)6-5-7-9(10)25-4;3-1(4)2(5)6/h5-7,11-12,15H,1-4H3,(H,18,20)(H,22,23);(H,3,4)(H,5,6)/t11-,12+,15-;/m1./s1. The number of β-lactam (4-membered cyclic amide) rings is 1. The summed E-state index contributed by atoms with van der Waals surface area (Å²) in [6, 6.07) is 3.24. The van der Waals surface area contributed by atoms with Crippen molar-refractivity contribution in [3.8, 4) is 11.5 Å². The highest BCUT2D eigenvalue weighted by Crippen LogP contribution is 2.50. The van der Waals surface area contributed by atoms with Crippen LogP contribution < -0.4 is 14.8 Å². The highest BCUT2D eigenvalue weighted by Gasteiger charge is 2.64. The normalized spacial score (nSPS) is 22.4. The summed E-state index contributed by atoms with van der Waals surface area (Å²) in [5.74, 6) is -4.95. The molecule has 0 bridgehead atoms. The molecule has 0 unspecified atom stereocenters. The number of ether oxygens (including phenoxy) is 2. The van der Waals surface area contributed by atoms with Gasteiger partial charge in [0.15, 0.2) is 0 Å². The van der Waals surface area contributed by atoms with Gasteiger partial charge in [-0.2, -0.15) is 0 Å². The maximum Gasteiger partial charge on any atom is 0.414 e. The van der Waals surface area contributed by atoms with E-state index < -0.39 is 51.9 Å². The molecule has 0 saturated carbocycles. The van der Waals surface area contributed by atoms with Crippen LogP contribution in [-0.4, -0.2) is 86.4 Å². The molecule has 0 radical (unpaired) electrons. The van der Waals surface area contributed by atoms with Crippen LogP contribution in [0.2, 0.25) is 0 Å². The molecule has 2 aliphatic heterocycles. The van der Waals surface area contributed by atoms with Crippen molar-refractivity contribution in [2.24, 2.45) is 0 Å². The fourth-order valence-electron chi connectivity index (χ4n) is 3.43. The summed E-state index contributed by atoms with van der Waals surface area (Å²) in [7, 11) is 2.88. The number of benzene rings is 1. The quantitative estimate of drug-likeness (QED) is 0.339. The third-order valence-electron chi connectivity index (χ3n) is 4.80. The van der Waals surface area contributed by atoms with Gasteiger partial charge in [0.25, 0.3) is 5.91 Å². The van der Waals surface area contributed by atoms with E-state index in [2.05, 4.69) is 5.32 Å². The Hall–Kier alpha value is -3.48. The first-order valence-electron chi connectivity index (χ1n) is 9.08.